The van der Waals surface area contributed by atoms with Crippen LogP contribution in [0.3, 0.4) is 0 Å². The second-order valence-corrected chi connectivity index (χ2v) is 7.64. The van der Waals surface area contributed by atoms with E-state index in [4.69, 9.17) is 9.15 Å². The number of unbranched alkanes of at least 4 members (excludes halogenated alkanes) is 2. The molecule has 1 heterocycles. The first-order chi connectivity index (χ1) is 15.0. The molecule has 3 aromatic rings. The zero-order valence-electron chi connectivity index (χ0n) is 17.9. The highest BCUT2D eigenvalue weighted by atomic mass is 19.1. The Labute approximate surface area is 181 Å². The summed E-state index contributed by atoms with van der Waals surface area (Å²) in [4.78, 5) is 12.3. The molecule has 3 nitrogen and oxygen atoms in total. The predicted molar refractivity (Wildman–Crippen MR) is 120 cm³/mol. The van der Waals surface area contributed by atoms with E-state index in [0.717, 1.165) is 25.7 Å². The number of hydrogen-bond acceptors (Lipinski definition) is 3. The summed E-state index contributed by atoms with van der Waals surface area (Å²) < 4.78 is 40.3. The van der Waals surface area contributed by atoms with Crippen LogP contribution >= 0.6 is 0 Å². The molecular formula is C26H28F2O3. The van der Waals surface area contributed by atoms with Gasteiger partial charge in [0, 0.05) is 12.5 Å². The van der Waals surface area contributed by atoms with Crippen LogP contribution in [0.4, 0.5) is 8.78 Å². The standard InChI is InChI=1S/C26H28F2O3/c1-3-5-7-15-30-21-14-13-18(23(27)17-21)9-10-19-11-12-20-16-22(8-6-4-2)31-26(29)24(20)25(19)28/h3,11-14,16-17H,1,4-10,15H2,2H3. The summed E-state index contributed by atoms with van der Waals surface area (Å²) in [5.41, 5.74) is 0.178. The van der Waals surface area contributed by atoms with Crippen LogP contribution in [0.5, 0.6) is 5.75 Å². The molecule has 3 rings (SSSR count). The molecule has 0 saturated carbocycles. The van der Waals surface area contributed by atoms with Gasteiger partial charge in [0.15, 0.2) is 0 Å². The summed E-state index contributed by atoms with van der Waals surface area (Å²) in [6.07, 6.45) is 6.60. The van der Waals surface area contributed by atoms with Crippen molar-refractivity contribution in [1.29, 1.82) is 0 Å². The molecule has 0 radical (unpaired) electrons. The second kappa shape index (κ2) is 10.9. The Bertz CT molecular complexity index is 1100. The summed E-state index contributed by atoms with van der Waals surface area (Å²) in [5.74, 6) is 0.0671. The fourth-order valence-corrected chi connectivity index (χ4v) is 3.51. The molecule has 0 saturated heterocycles. The van der Waals surface area contributed by atoms with Crippen molar-refractivity contribution in [1.82, 2.24) is 0 Å². The molecule has 0 amide bonds. The Hall–Kier alpha value is -2.95. The Kier molecular flexibility index (Phi) is 7.99. The lowest BCUT2D eigenvalue weighted by molar-refractivity contribution is 0.310. The quantitative estimate of drug-likeness (QED) is 0.258. The summed E-state index contributed by atoms with van der Waals surface area (Å²) in [5, 5.41) is 0.495. The third kappa shape index (κ3) is 5.81. The zero-order chi connectivity index (χ0) is 22.2. The number of halogens is 2. The van der Waals surface area contributed by atoms with Crippen LogP contribution in [0.2, 0.25) is 0 Å². The maximum Gasteiger partial charge on any atom is 0.346 e. The summed E-state index contributed by atoms with van der Waals surface area (Å²) >= 11 is 0. The van der Waals surface area contributed by atoms with Crippen LogP contribution in [0, 0.1) is 11.6 Å². The summed E-state index contributed by atoms with van der Waals surface area (Å²) in [6, 6.07) is 9.85. The normalized spacial score (nSPS) is 11.1. The van der Waals surface area contributed by atoms with Crippen LogP contribution in [0.15, 0.2) is 58.3 Å². The van der Waals surface area contributed by atoms with Gasteiger partial charge in [-0.3, -0.25) is 0 Å². The minimum absolute atomic E-state index is 0.0403. The molecule has 0 atom stereocenters. The van der Waals surface area contributed by atoms with Gasteiger partial charge in [-0.1, -0.05) is 37.6 Å². The van der Waals surface area contributed by atoms with Crippen molar-refractivity contribution in [2.45, 2.75) is 51.9 Å². The maximum atomic E-state index is 15.0. The number of rotatable bonds is 11. The molecule has 0 N–H and O–H groups in total. The molecule has 0 spiro atoms. The fourth-order valence-electron chi connectivity index (χ4n) is 3.51. The highest BCUT2D eigenvalue weighted by Crippen LogP contribution is 2.23. The van der Waals surface area contributed by atoms with Crippen molar-refractivity contribution in [3.05, 3.63) is 88.0 Å². The van der Waals surface area contributed by atoms with E-state index in [2.05, 4.69) is 13.5 Å². The molecule has 0 unspecified atom stereocenters. The molecule has 0 aliphatic carbocycles. The van der Waals surface area contributed by atoms with Crippen LogP contribution in [0.25, 0.3) is 10.8 Å². The topological polar surface area (TPSA) is 39.4 Å². The highest BCUT2D eigenvalue weighted by Gasteiger charge is 2.14. The predicted octanol–water partition coefficient (Wildman–Crippen LogP) is 6.54. The zero-order valence-corrected chi connectivity index (χ0v) is 17.9. The molecule has 2 aromatic carbocycles. The number of ether oxygens (including phenoxy) is 1. The molecule has 164 valence electrons. The van der Waals surface area contributed by atoms with E-state index in [-0.39, 0.29) is 17.6 Å². The van der Waals surface area contributed by atoms with Crippen molar-refractivity contribution in [3.8, 4) is 5.75 Å². The number of hydrogen-bond donors (Lipinski definition) is 0. The molecule has 1 aromatic heterocycles. The van der Waals surface area contributed by atoms with Gasteiger partial charge in [0.1, 0.15) is 28.5 Å². The van der Waals surface area contributed by atoms with Crippen molar-refractivity contribution in [2.75, 3.05) is 6.61 Å². The van der Waals surface area contributed by atoms with Gasteiger partial charge in [-0.2, -0.15) is 0 Å². The van der Waals surface area contributed by atoms with Gasteiger partial charge in [0.25, 0.3) is 0 Å². The number of benzene rings is 2. The average molecular weight is 427 g/mol. The summed E-state index contributed by atoms with van der Waals surface area (Å²) in [7, 11) is 0. The van der Waals surface area contributed by atoms with E-state index >= 15 is 4.39 Å². The number of allylic oxidation sites excluding steroid dienone is 1. The monoisotopic (exact) mass is 426 g/mol. The van der Waals surface area contributed by atoms with E-state index < -0.39 is 11.4 Å². The third-order valence-electron chi connectivity index (χ3n) is 5.28. The lowest BCUT2D eigenvalue weighted by Crippen LogP contribution is -2.07. The Morgan fingerprint density at radius 3 is 2.55 bits per heavy atom. The van der Waals surface area contributed by atoms with E-state index in [0.29, 0.717) is 47.5 Å². The lowest BCUT2D eigenvalue weighted by Gasteiger charge is -2.10. The average Bonchev–Trinajstić information content (AvgIpc) is 2.75. The molecule has 0 bridgehead atoms. The first kappa shape index (κ1) is 22.7. The van der Waals surface area contributed by atoms with E-state index in [1.165, 1.54) is 6.07 Å². The molecule has 0 aliphatic heterocycles. The van der Waals surface area contributed by atoms with Gasteiger partial charge >= 0.3 is 5.63 Å². The van der Waals surface area contributed by atoms with E-state index in [1.54, 1.807) is 30.3 Å². The molecule has 5 heteroatoms. The van der Waals surface area contributed by atoms with Crippen LogP contribution < -0.4 is 10.4 Å². The SMILES string of the molecule is C=CCCCOc1ccc(CCc2ccc3cc(CCCC)oc(=O)c3c2F)c(F)c1. The van der Waals surface area contributed by atoms with Gasteiger partial charge < -0.3 is 9.15 Å². The van der Waals surface area contributed by atoms with Gasteiger partial charge in [-0.15, -0.1) is 6.58 Å². The first-order valence-electron chi connectivity index (χ1n) is 10.8. The molecule has 31 heavy (non-hydrogen) atoms. The van der Waals surface area contributed by atoms with Crippen molar-refractivity contribution >= 4 is 10.8 Å². The smallest absolute Gasteiger partial charge is 0.346 e. The Morgan fingerprint density at radius 2 is 1.81 bits per heavy atom. The van der Waals surface area contributed by atoms with Crippen molar-refractivity contribution < 1.29 is 17.9 Å². The Morgan fingerprint density at radius 1 is 1.03 bits per heavy atom. The van der Waals surface area contributed by atoms with Gasteiger partial charge in [0.2, 0.25) is 0 Å². The molecular weight excluding hydrogens is 398 g/mol. The largest absolute Gasteiger partial charge is 0.493 e. The first-order valence-corrected chi connectivity index (χ1v) is 10.8. The number of aryl methyl sites for hydroxylation is 3. The number of fused-ring (bicyclic) bond motifs is 1. The summed E-state index contributed by atoms with van der Waals surface area (Å²) in [6.45, 7) is 6.20. The van der Waals surface area contributed by atoms with E-state index in [9.17, 15) is 9.18 Å². The van der Waals surface area contributed by atoms with Crippen molar-refractivity contribution in [2.24, 2.45) is 0 Å². The minimum atomic E-state index is -0.660. The Balaban J connectivity index is 1.72. The minimum Gasteiger partial charge on any atom is -0.493 e. The van der Waals surface area contributed by atoms with Crippen LogP contribution in [-0.4, -0.2) is 6.61 Å². The maximum absolute atomic E-state index is 15.0. The van der Waals surface area contributed by atoms with Gasteiger partial charge in [-0.05, 0) is 60.7 Å². The van der Waals surface area contributed by atoms with Crippen molar-refractivity contribution in [3.63, 3.8) is 0 Å². The lowest BCUT2D eigenvalue weighted by atomic mass is 10.0. The fraction of sp³-hybridized carbons (Fsp3) is 0.346. The highest BCUT2D eigenvalue weighted by molar-refractivity contribution is 5.82. The van der Waals surface area contributed by atoms with Gasteiger partial charge in [0.05, 0.1) is 6.61 Å². The van der Waals surface area contributed by atoms with Crippen LogP contribution in [-0.2, 0) is 19.3 Å². The third-order valence-corrected chi connectivity index (χ3v) is 5.28. The van der Waals surface area contributed by atoms with E-state index in [1.807, 2.05) is 6.08 Å². The molecule has 0 fully saturated rings. The van der Waals surface area contributed by atoms with Crippen LogP contribution in [0.1, 0.15) is 49.5 Å². The van der Waals surface area contributed by atoms with Gasteiger partial charge in [-0.25, -0.2) is 13.6 Å². The molecule has 0 aliphatic rings. The second-order valence-electron chi connectivity index (χ2n) is 7.64.